The molecule has 1 N–H and O–H groups in total. The molecule has 0 saturated carbocycles. The molecule has 0 spiro atoms. The third-order valence-electron chi connectivity index (χ3n) is 1.22. The van der Waals surface area contributed by atoms with Gasteiger partial charge in [-0.25, -0.2) is 0 Å². The first-order chi connectivity index (χ1) is 4.79. The first-order valence-corrected chi connectivity index (χ1v) is 3.01. The maximum Gasteiger partial charge on any atom is 0.306 e. The smallest absolute Gasteiger partial charge is 0.306 e. The van der Waals surface area contributed by atoms with Crippen molar-refractivity contribution >= 4 is 22.8 Å². The highest BCUT2D eigenvalue weighted by Gasteiger charge is 2.12. The number of fused-ring (bicyclic) bond motifs is 1. The molecule has 0 atom stereocenters. The molecule has 2 aromatic heterocycles. The van der Waals surface area contributed by atoms with Crippen LogP contribution in [0.2, 0.25) is 5.02 Å². The Morgan fingerprint density at radius 2 is 2.30 bits per heavy atom. The second-order valence-corrected chi connectivity index (χ2v) is 2.21. The van der Waals surface area contributed by atoms with Crippen LogP contribution < -0.4 is 0 Å². The Bertz CT molecular complexity index is 360. The quantitative estimate of drug-likeness (QED) is 0.640. The Morgan fingerprint density at radius 1 is 1.50 bits per heavy atom. The van der Waals surface area contributed by atoms with Crippen LogP contribution in [0.1, 0.15) is 0 Å². The van der Waals surface area contributed by atoms with Crippen molar-refractivity contribution < 1.29 is 13.9 Å². The van der Waals surface area contributed by atoms with Crippen molar-refractivity contribution in [3.8, 4) is 5.95 Å². The van der Waals surface area contributed by atoms with E-state index in [2.05, 4.69) is 0 Å². The van der Waals surface area contributed by atoms with Gasteiger partial charge in [0.25, 0.3) is 0 Å². The molecular formula is C6H3ClO3. The van der Waals surface area contributed by atoms with E-state index < -0.39 is 0 Å². The number of furan rings is 2. The van der Waals surface area contributed by atoms with Crippen LogP contribution in [0.4, 0.5) is 0 Å². The van der Waals surface area contributed by atoms with E-state index in [1.165, 1.54) is 6.26 Å². The molecule has 2 aromatic rings. The average Bonchev–Trinajstić information content (AvgIpc) is 2.41. The third-order valence-corrected chi connectivity index (χ3v) is 1.56. The van der Waals surface area contributed by atoms with Gasteiger partial charge in [0.05, 0.1) is 6.26 Å². The molecule has 0 fully saturated rings. The van der Waals surface area contributed by atoms with E-state index in [1.807, 2.05) is 0 Å². The Labute approximate surface area is 60.8 Å². The van der Waals surface area contributed by atoms with Gasteiger partial charge in [0, 0.05) is 6.07 Å². The lowest BCUT2D eigenvalue weighted by atomic mass is 10.5. The second-order valence-electron chi connectivity index (χ2n) is 1.84. The number of hydrogen-bond donors (Lipinski definition) is 1. The Kier molecular flexibility index (Phi) is 0.964. The zero-order chi connectivity index (χ0) is 7.14. The van der Waals surface area contributed by atoms with Gasteiger partial charge in [-0.15, -0.1) is 0 Å². The van der Waals surface area contributed by atoms with E-state index in [9.17, 15) is 0 Å². The minimum atomic E-state index is -0.295. The molecule has 4 heteroatoms. The van der Waals surface area contributed by atoms with Crippen LogP contribution >= 0.6 is 11.6 Å². The SMILES string of the molecule is Oc1oc2ccoc2c1Cl. The summed E-state index contributed by atoms with van der Waals surface area (Å²) >= 11 is 5.55. The highest BCUT2D eigenvalue weighted by Crippen LogP contribution is 2.35. The Balaban J connectivity index is 2.95. The number of aromatic hydroxyl groups is 1. The van der Waals surface area contributed by atoms with Crippen LogP contribution in [0.15, 0.2) is 21.2 Å². The maximum atomic E-state index is 8.87. The number of halogens is 1. The normalized spacial score (nSPS) is 10.9. The molecule has 0 saturated heterocycles. The van der Waals surface area contributed by atoms with E-state index in [4.69, 9.17) is 25.5 Å². The summed E-state index contributed by atoms with van der Waals surface area (Å²) in [7, 11) is 0. The monoisotopic (exact) mass is 158 g/mol. The van der Waals surface area contributed by atoms with E-state index in [0.29, 0.717) is 11.2 Å². The third kappa shape index (κ3) is 0.552. The van der Waals surface area contributed by atoms with Gasteiger partial charge < -0.3 is 13.9 Å². The van der Waals surface area contributed by atoms with Crippen LogP contribution in [0.25, 0.3) is 11.2 Å². The van der Waals surface area contributed by atoms with Crippen molar-refractivity contribution in [1.29, 1.82) is 0 Å². The fourth-order valence-electron chi connectivity index (χ4n) is 0.784. The van der Waals surface area contributed by atoms with Crippen molar-refractivity contribution in [2.45, 2.75) is 0 Å². The molecule has 0 unspecified atom stereocenters. The predicted octanol–water partition coefficient (Wildman–Crippen LogP) is 2.38. The maximum absolute atomic E-state index is 8.87. The number of hydrogen-bond acceptors (Lipinski definition) is 3. The summed E-state index contributed by atoms with van der Waals surface area (Å²) in [5.74, 6) is -0.295. The Hall–Kier alpha value is -1.09. The van der Waals surface area contributed by atoms with Gasteiger partial charge in [0.2, 0.25) is 0 Å². The van der Waals surface area contributed by atoms with Crippen LogP contribution in [0.3, 0.4) is 0 Å². The van der Waals surface area contributed by atoms with E-state index >= 15 is 0 Å². The fourth-order valence-corrected chi connectivity index (χ4v) is 0.960. The van der Waals surface area contributed by atoms with Gasteiger partial charge in [0.15, 0.2) is 16.2 Å². The molecule has 2 rings (SSSR count). The molecule has 0 aliphatic rings. The van der Waals surface area contributed by atoms with Crippen LogP contribution in [-0.2, 0) is 0 Å². The van der Waals surface area contributed by atoms with Gasteiger partial charge in [-0.05, 0) is 0 Å². The first-order valence-electron chi connectivity index (χ1n) is 2.63. The highest BCUT2D eigenvalue weighted by molar-refractivity contribution is 6.36. The minimum Gasteiger partial charge on any atom is -0.480 e. The zero-order valence-electron chi connectivity index (χ0n) is 4.80. The topological polar surface area (TPSA) is 46.5 Å². The summed E-state index contributed by atoms with van der Waals surface area (Å²) < 4.78 is 9.65. The van der Waals surface area contributed by atoms with Crippen molar-refractivity contribution in [1.82, 2.24) is 0 Å². The van der Waals surface area contributed by atoms with E-state index in [-0.39, 0.29) is 11.0 Å². The minimum absolute atomic E-state index is 0.125. The van der Waals surface area contributed by atoms with Crippen LogP contribution in [-0.4, -0.2) is 5.11 Å². The second kappa shape index (κ2) is 1.70. The molecule has 0 bridgehead atoms. The molecule has 3 nitrogen and oxygen atoms in total. The lowest BCUT2D eigenvalue weighted by Crippen LogP contribution is -1.52. The molecule has 0 aliphatic carbocycles. The summed E-state index contributed by atoms with van der Waals surface area (Å²) in [4.78, 5) is 0. The van der Waals surface area contributed by atoms with E-state index in [0.717, 1.165) is 0 Å². The first kappa shape index (κ1) is 5.68. The summed E-state index contributed by atoms with van der Waals surface area (Å²) in [6, 6.07) is 1.58. The molecular weight excluding hydrogens is 156 g/mol. The average molecular weight is 159 g/mol. The van der Waals surface area contributed by atoms with Gasteiger partial charge >= 0.3 is 5.95 Å². The summed E-state index contributed by atoms with van der Waals surface area (Å²) in [6.07, 6.45) is 1.44. The van der Waals surface area contributed by atoms with Crippen molar-refractivity contribution in [3.05, 3.63) is 17.4 Å². The molecule has 0 aliphatic heterocycles. The van der Waals surface area contributed by atoms with E-state index in [1.54, 1.807) is 6.07 Å². The zero-order valence-corrected chi connectivity index (χ0v) is 5.55. The predicted molar refractivity (Wildman–Crippen MR) is 35.2 cm³/mol. The molecule has 2 heterocycles. The summed E-state index contributed by atoms with van der Waals surface area (Å²) in [5, 5.41) is 9.00. The lowest BCUT2D eigenvalue weighted by Gasteiger charge is -1.78. The largest absolute Gasteiger partial charge is 0.480 e. The van der Waals surface area contributed by atoms with Gasteiger partial charge in [0.1, 0.15) is 0 Å². The molecule has 52 valence electrons. The molecule has 0 aromatic carbocycles. The van der Waals surface area contributed by atoms with Gasteiger partial charge in [-0.2, -0.15) is 0 Å². The standard InChI is InChI=1S/C6H3ClO3/c7-4-5-3(1-2-9-5)10-6(4)8/h1-2,8H. The molecule has 10 heavy (non-hydrogen) atoms. The molecule has 0 amide bonds. The number of rotatable bonds is 0. The van der Waals surface area contributed by atoms with Crippen LogP contribution in [0.5, 0.6) is 5.95 Å². The van der Waals surface area contributed by atoms with Crippen molar-refractivity contribution in [2.24, 2.45) is 0 Å². The molecule has 0 radical (unpaired) electrons. The fraction of sp³-hybridized carbons (Fsp3) is 0. The van der Waals surface area contributed by atoms with Crippen LogP contribution in [0, 0.1) is 0 Å². The Morgan fingerprint density at radius 3 is 3.00 bits per heavy atom. The van der Waals surface area contributed by atoms with Crippen molar-refractivity contribution in [2.75, 3.05) is 0 Å². The summed E-state index contributed by atoms with van der Waals surface area (Å²) in [5.41, 5.74) is 0.849. The van der Waals surface area contributed by atoms with Gasteiger partial charge in [-0.1, -0.05) is 11.6 Å². The summed E-state index contributed by atoms with van der Waals surface area (Å²) in [6.45, 7) is 0. The van der Waals surface area contributed by atoms with Gasteiger partial charge in [-0.3, -0.25) is 0 Å². The highest BCUT2D eigenvalue weighted by atomic mass is 35.5. The van der Waals surface area contributed by atoms with Crippen molar-refractivity contribution in [3.63, 3.8) is 0 Å². The lowest BCUT2D eigenvalue weighted by molar-refractivity contribution is 0.346.